The van der Waals surface area contributed by atoms with Crippen molar-refractivity contribution in [1.29, 1.82) is 0 Å². The number of unbranched alkanes of at least 4 members (excludes halogenated alkanes) is 1. The largest absolute Gasteiger partial charge is 0.329 e. The van der Waals surface area contributed by atoms with Crippen molar-refractivity contribution >= 4 is 11.2 Å². The molecule has 0 fully saturated rings. The molecule has 0 bridgehead atoms. The van der Waals surface area contributed by atoms with Gasteiger partial charge in [-0.15, -0.1) is 0 Å². The van der Waals surface area contributed by atoms with Crippen LogP contribution in [-0.2, 0) is 20.0 Å². The molecule has 0 saturated carbocycles. The normalized spacial score (nSPS) is 11.3. The first kappa shape index (κ1) is 13.6. The molecule has 6 heteroatoms. The Labute approximate surface area is 111 Å². The molecular weight excluding hydrogens is 244 g/mol. The van der Waals surface area contributed by atoms with Gasteiger partial charge in [0.1, 0.15) is 11.5 Å². The molecule has 2 heterocycles. The Morgan fingerprint density at radius 2 is 1.95 bits per heavy atom. The molecular formula is C13H20N4O2. The summed E-state index contributed by atoms with van der Waals surface area (Å²) >= 11 is 0. The van der Waals surface area contributed by atoms with Crippen molar-refractivity contribution in [2.75, 3.05) is 0 Å². The molecule has 0 radical (unpaired) electrons. The lowest BCUT2D eigenvalue weighted by atomic mass is 10.3. The number of aromatic nitrogens is 4. The van der Waals surface area contributed by atoms with Crippen LogP contribution in [-0.4, -0.2) is 19.1 Å². The van der Waals surface area contributed by atoms with E-state index < -0.39 is 5.69 Å². The second-order valence-electron chi connectivity index (χ2n) is 4.77. The van der Waals surface area contributed by atoms with Crippen molar-refractivity contribution in [2.24, 2.45) is 7.05 Å². The predicted molar refractivity (Wildman–Crippen MR) is 74.5 cm³/mol. The highest BCUT2D eigenvalue weighted by atomic mass is 16.2. The van der Waals surface area contributed by atoms with Gasteiger partial charge in [0.15, 0.2) is 5.52 Å². The Morgan fingerprint density at radius 1 is 1.21 bits per heavy atom. The highest BCUT2D eigenvalue weighted by Gasteiger charge is 2.15. The number of fused-ring (bicyclic) bond motifs is 1. The minimum atomic E-state index is -0.391. The Hall–Kier alpha value is -1.85. The van der Waals surface area contributed by atoms with Gasteiger partial charge in [-0.1, -0.05) is 20.3 Å². The average Bonchev–Trinajstić information content (AvgIpc) is 2.72. The third kappa shape index (κ3) is 2.34. The summed E-state index contributed by atoms with van der Waals surface area (Å²) in [6, 6.07) is 0. The van der Waals surface area contributed by atoms with Crippen LogP contribution in [0.15, 0.2) is 9.59 Å². The fraction of sp³-hybridized carbons (Fsp3) is 0.615. The van der Waals surface area contributed by atoms with Crippen molar-refractivity contribution in [3.8, 4) is 0 Å². The zero-order valence-electron chi connectivity index (χ0n) is 11.7. The molecule has 0 unspecified atom stereocenters. The van der Waals surface area contributed by atoms with Gasteiger partial charge in [-0.05, 0) is 12.8 Å². The van der Waals surface area contributed by atoms with E-state index in [9.17, 15) is 9.59 Å². The quantitative estimate of drug-likeness (QED) is 0.881. The maximum absolute atomic E-state index is 12.1. The maximum Gasteiger partial charge on any atom is 0.329 e. The number of H-pyrrole nitrogens is 1. The van der Waals surface area contributed by atoms with E-state index in [0.29, 0.717) is 11.2 Å². The molecule has 1 N–H and O–H groups in total. The summed E-state index contributed by atoms with van der Waals surface area (Å²) in [7, 11) is 1.46. The Morgan fingerprint density at radius 3 is 2.58 bits per heavy atom. The summed E-state index contributed by atoms with van der Waals surface area (Å²) in [5.74, 6) is 0.880. The Bertz CT molecular complexity index is 693. The van der Waals surface area contributed by atoms with Crippen LogP contribution in [0, 0.1) is 0 Å². The zero-order valence-corrected chi connectivity index (χ0v) is 11.7. The minimum absolute atomic E-state index is 0.327. The number of aryl methyl sites for hydroxylation is 2. The summed E-state index contributed by atoms with van der Waals surface area (Å²) in [4.78, 5) is 31.0. The van der Waals surface area contributed by atoms with Gasteiger partial charge >= 0.3 is 5.69 Å². The molecule has 0 aliphatic heterocycles. The fourth-order valence-electron chi connectivity index (χ4n) is 2.18. The van der Waals surface area contributed by atoms with E-state index in [1.54, 1.807) is 0 Å². The van der Waals surface area contributed by atoms with Crippen LogP contribution < -0.4 is 11.2 Å². The SMILES string of the molecule is CCCCn1c(CCC)nc2c(=O)n(C)c(=O)[nH]c21. The Balaban J connectivity index is 2.70. The maximum atomic E-state index is 12.1. The first-order valence-electron chi connectivity index (χ1n) is 6.78. The van der Waals surface area contributed by atoms with Gasteiger partial charge in [-0.3, -0.25) is 14.3 Å². The standard InChI is InChI=1S/C13H20N4O2/c1-4-6-8-17-9(7-5-2)14-10-11(17)15-13(19)16(3)12(10)18/h4-8H2,1-3H3,(H,15,19). The number of aromatic amines is 1. The predicted octanol–water partition coefficient (Wildman–Crippen LogP) is 1.18. The minimum Gasteiger partial charge on any atom is -0.314 e. The van der Waals surface area contributed by atoms with Crippen molar-refractivity contribution in [1.82, 2.24) is 19.1 Å². The molecule has 6 nitrogen and oxygen atoms in total. The second-order valence-corrected chi connectivity index (χ2v) is 4.77. The van der Waals surface area contributed by atoms with Crippen LogP contribution in [0.1, 0.15) is 38.9 Å². The van der Waals surface area contributed by atoms with Crippen LogP contribution in [0.2, 0.25) is 0 Å². The molecule has 0 amide bonds. The molecule has 0 aromatic carbocycles. The van der Waals surface area contributed by atoms with E-state index in [4.69, 9.17) is 0 Å². The fourth-order valence-corrected chi connectivity index (χ4v) is 2.18. The van der Waals surface area contributed by atoms with Gasteiger partial charge in [-0.25, -0.2) is 9.78 Å². The van der Waals surface area contributed by atoms with E-state index >= 15 is 0 Å². The smallest absolute Gasteiger partial charge is 0.314 e. The summed E-state index contributed by atoms with van der Waals surface area (Å²) in [6.07, 6.45) is 3.82. The summed E-state index contributed by atoms with van der Waals surface area (Å²) in [5.41, 5.74) is 0.205. The van der Waals surface area contributed by atoms with E-state index in [1.807, 2.05) is 4.57 Å². The number of nitrogens with zero attached hydrogens (tertiary/aromatic N) is 3. The molecule has 0 aliphatic rings. The molecule has 104 valence electrons. The molecule has 0 saturated heterocycles. The van der Waals surface area contributed by atoms with Gasteiger partial charge in [0.05, 0.1) is 0 Å². The van der Waals surface area contributed by atoms with Crippen molar-refractivity contribution in [3.05, 3.63) is 26.7 Å². The molecule has 0 spiro atoms. The van der Waals surface area contributed by atoms with Crippen LogP contribution in [0.3, 0.4) is 0 Å². The first-order chi connectivity index (χ1) is 9.10. The molecule has 2 rings (SSSR count). The van der Waals surface area contributed by atoms with Crippen LogP contribution in [0.25, 0.3) is 11.2 Å². The van der Waals surface area contributed by atoms with Gasteiger partial charge < -0.3 is 4.57 Å². The van der Waals surface area contributed by atoms with Crippen molar-refractivity contribution in [3.63, 3.8) is 0 Å². The molecule has 19 heavy (non-hydrogen) atoms. The molecule has 2 aromatic rings. The zero-order chi connectivity index (χ0) is 14.0. The molecule has 2 aromatic heterocycles. The van der Waals surface area contributed by atoms with E-state index in [1.165, 1.54) is 7.05 Å². The van der Waals surface area contributed by atoms with E-state index in [0.717, 1.165) is 42.6 Å². The molecule has 0 aliphatic carbocycles. The Kier molecular flexibility index (Phi) is 3.87. The molecule has 0 atom stereocenters. The first-order valence-corrected chi connectivity index (χ1v) is 6.78. The van der Waals surface area contributed by atoms with E-state index in [2.05, 4.69) is 23.8 Å². The van der Waals surface area contributed by atoms with Crippen LogP contribution in [0.5, 0.6) is 0 Å². The topological polar surface area (TPSA) is 72.7 Å². The van der Waals surface area contributed by atoms with Gasteiger partial charge in [0.25, 0.3) is 5.56 Å². The van der Waals surface area contributed by atoms with Crippen LogP contribution in [0.4, 0.5) is 0 Å². The highest BCUT2D eigenvalue weighted by molar-refractivity contribution is 5.70. The monoisotopic (exact) mass is 264 g/mol. The summed E-state index contributed by atoms with van der Waals surface area (Å²) in [6.45, 7) is 4.97. The van der Waals surface area contributed by atoms with Crippen molar-refractivity contribution in [2.45, 2.75) is 46.1 Å². The summed E-state index contributed by atoms with van der Waals surface area (Å²) in [5, 5.41) is 0. The number of imidazole rings is 1. The average molecular weight is 264 g/mol. The lowest BCUT2D eigenvalue weighted by Crippen LogP contribution is -2.32. The van der Waals surface area contributed by atoms with Gasteiger partial charge in [-0.2, -0.15) is 0 Å². The summed E-state index contributed by atoms with van der Waals surface area (Å²) < 4.78 is 3.04. The third-order valence-corrected chi connectivity index (χ3v) is 3.29. The second kappa shape index (κ2) is 5.42. The number of hydrogen-bond donors (Lipinski definition) is 1. The number of hydrogen-bond acceptors (Lipinski definition) is 3. The van der Waals surface area contributed by atoms with Gasteiger partial charge in [0, 0.05) is 20.0 Å². The number of nitrogens with one attached hydrogen (secondary N) is 1. The third-order valence-electron chi connectivity index (χ3n) is 3.29. The lowest BCUT2D eigenvalue weighted by Gasteiger charge is -2.07. The van der Waals surface area contributed by atoms with Gasteiger partial charge in [0.2, 0.25) is 0 Å². The van der Waals surface area contributed by atoms with E-state index in [-0.39, 0.29) is 5.56 Å². The van der Waals surface area contributed by atoms with Crippen molar-refractivity contribution < 1.29 is 0 Å². The van der Waals surface area contributed by atoms with Crippen LogP contribution >= 0.6 is 0 Å². The highest BCUT2D eigenvalue weighted by Crippen LogP contribution is 2.12. The number of rotatable bonds is 5. The lowest BCUT2D eigenvalue weighted by molar-refractivity contribution is 0.606.